The van der Waals surface area contributed by atoms with Crippen LogP contribution in [0.25, 0.3) is 5.65 Å². The number of aryl methyl sites for hydroxylation is 4. The molecule has 4 nitrogen and oxygen atoms in total. The summed E-state index contributed by atoms with van der Waals surface area (Å²) in [5.41, 5.74) is 8.61. The molecule has 0 saturated carbocycles. The third kappa shape index (κ3) is 3.86. The van der Waals surface area contributed by atoms with Gasteiger partial charge in [-0.1, -0.05) is 36.4 Å². The molecule has 4 aromatic rings. The van der Waals surface area contributed by atoms with Crippen LogP contribution < -0.4 is 5.32 Å². The van der Waals surface area contributed by atoms with E-state index in [0.717, 1.165) is 28.2 Å². The van der Waals surface area contributed by atoms with Crippen LogP contribution in [0.3, 0.4) is 0 Å². The Hall–Kier alpha value is -3.40. The summed E-state index contributed by atoms with van der Waals surface area (Å²) >= 11 is 0. The van der Waals surface area contributed by atoms with Crippen LogP contribution >= 0.6 is 0 Å². The van der Waals surface area contributed by atoms with Crippen LogP contribution in [-0.4, -0.2) is 15.3 Å². The van der Waals surface area contributed by atoms with E-state index in [1.165, 1.54) is 16.7 Å². The van der Waals surface area contributed by atoms with Crippen molar-refractivity contribution in [2.45, 2.75) is 40.0 Å². The number of pyridine rings is 1. The number of nitrogens with one attached hydrogen (secondary N) is 1. The van der Waals surface area contributed by atoms with Gasteiger partial charge in [0, 0.05) is 30.4 Å². The molecular formula is C26H27N3O. The van der Waals surface area contributed by atoms with Gasteiger partial charge >= 0.3 is 0 Å². The predicted octanol–water partition coefficient (Wildman–Crippen LogP) is 5.73. The first-order valence-electron chi connectivity index (χ1n) is 10.3. The number of rotatable bonds is 5. The van der Waals surface area contributed by atoms with E-state index in [-0.39, 0.29) is 11.8 Å². The molecule has 152 valence electrons. The van der Waals surface area contributed by atoms with Crippen LogP contribution in [0.5, 0.6) is 0 Å². The monoisotopic (exact) mass is 397 g/mol. The molecule has 1 atom stereocenters. The van der Waals surface area contributed by atoms with Gasteiger partial charge in [0.25, 0.3) is 0 Å². The molecule has 0 radical (unpaired) electrons. The van der Waals surface area contributed by atoms with Crippen molar-refractivity contribution >= 4 is 17.2 Å². The maximum Gasteiger partial charge on any atom is 0.225 e. The maximum atomic E-state index is 13.1. The van der Waals surface area contributed by atoms with E-state index in [9.17, 15) is 4.79 Å². The summed E-state index contributed by atoms with van der Waals surface area (Å²) in [6.45, 7) is 8.28. The van der Waals surface area contributed by atoms with Gasteiger partial charge in [0.1, 0.15) is 5.65 Å². The van der Waals surface area contributed by atoms with E-state index in [1.54, 1.807) is 0 Å². The Bertz CT molecular complexity index is 1220. The van der Waals surface area contributed by atoms with Gasteiger partial charge in [-0.3, -0.25) is 4.79 Å². The SMILES string of the molecule is Cc1ccc(NC(=O)C[C@@H](c2ccccc2C)c2cnc3c(C)cccn23)cc1C. The molecule has 4 heteroatoms. The van der Waals surface area contributed by atoms with Crippen molar-refractivity contribution in [3.05, 3.63) is 101 Å². The highest BCUT2D eigenvalue weighted by atomic mass is 16.1. The molecule has 2 heterocycles. The molecule has 1 N–H and O–H groups in total. The van der Waals surface area contributed by atoms with Gasteiger partial charge in [0.15, 0.2) is 0 Å². The zero-order valence-corrected chi connectivity index (χ0v) is 17.9. The number of fused-ring (bicyclic) bond motifs is 1. The second kappa shape index (κ2) is 8.15. The number of amides is 1. The lowest BCUT2D eigenvalue weighted by Crippen LogP contribution is -2.18. The quantitative estimate of drug-likeness (QED) is 0.467. The Kier molecular flexibility index (Phi) is 5.40. The summed E-state index contributed by atoms with van der Waals surface area (Å²) in [6.07, 6.45) is 4.28. The van der Waals surface area contributed by atoms with Gasteiger partial charge in [-0.05, 0) is 73.7 Å². The minimum Gasteiger partial charge on any atom is -0.326 e. The zero-order valence-electron chi connectivity index (χ0n) is 17.9. The molecule has 4 rings (SSSR count). The van der Waals surface area contributed by atoms with Crippen molar-refractivity contribution in [2.75, 3.05) is 5.32 Å². The maximum absolute atomic E-state index is 13.1. The van der Waals surface area contributed by atoms with Crippen LogP contribution in [0.1, 0.15) is 45.8 Å². The van der Waals surface area contributed by atoms with Gasteiger partial charge in [0.05, 0.1) is 5.69 Å². The summed E-state index contributed by atoms with van der Waals surface area (Å²) in [4.78, 5) is 17.7. The Morgan fingerprint density at radius 2 is 1.70 bits per heavy atom. The fraction of sp³-hybridized carbons (Fsp3) is 0.231. The van der Waals surface area contributed by atoms with Crippen LogP contribution in [0.15, 0.2) is 67.0 Å². The number of anilines is 1. The van der Waals surface area contributed by atoms with E-state index < -0.39 is 0 Å². The van der Waals surface area contributed by atoms with Crippen molar-refractivity contribution in [3.8, 4) is 0 Å². The summed E-state index contributed by atoms with van der Waals surface area (Å²) in [6, 6.07) is 18.4. The second-order valence-corrected chi connectivity index (χ2v) is 8.03. The third-order valence-corrected chi connectivity index (χ3v) is 5.86. The molecule has 2 aromatic carbocycles. The van der Waals surface area contributed by atoms with Crippen molar-refractivity contribution in [1.29, 1.82) is 0 Å². The number of carbonyl (C=O) groups is 1. The van der Waals surface area contributed by atoms with E-state index in [4.69, 9.17) is 0 Å². The van der Waals surface area contributed by atoms with E-state index in [2.05, 4.69) is 60.6 Å². The molecular weight excluding hydrogens is 370 g/mol. The number of hydrogen-bond acceptors (Lipinski definition) is 2. The van der Waals surface area contributed by atoms with E-state index in [0.29, 0.717) is 6.42 Å². The smallest absolute Gasteiger partial charge is 0.225 e. The van der Waals surface area contributed by atoms with E-state index >= 15 is 0 Å². The van der Waals surface area contributed by atoms with Crippen molar-refractivity contribution in [1.82, 2.24) is 9.38 Å². The number of carbonyl (C=O) groups excluding carboxylic acids is 1. The molecule has 30 heavy (non-hydrogen) atoms. The average Bonchev–Trinajstić information content (AvgIpc) is 3.15. The fourth-order valence-corrected chi connectivity index (χ4v) is 4.00. The summed E-state index contributed by atoms with van der Waals surface area (Å²) in [5, 5.41) is 3.08. The molecule has 0 aliphatic rings. The van der Waals surface area contributed by atoms with Crippen molar-refractivity contribution < 1.29 is 4.79 Å². The lowest BCUT2D eigenvalue weighted by molar-refractivity contribution is -0.116. The molecule has 0 fully saturated rings. The van der Waals surface area contributed by atoms with Gasteiger partial charge in [-0.25, -0.2) is 4.98 Å². The highest BCUT2D eigenvalue weighted by Gasteiger charge is 2.23. The molecule has 0 unspecified atom stereocenters. The molecule has 1 amide bonds. The predicted molar refractivity (Wildman–Crippen MR) is 122 cm³/mol. The third-order valence-electron chi connectivity index (χ3n) is 5.86. The molecule has 0 aliphatic heterocycles. The van der Waals surface area contributed by atoms with Crippen LogP contribution in [0.2, 0.25) is 0 Å². The number of benzene rings is 2. The minimum atomic E-state index is -0.0884. The molecule has 0 bridgehead atoms. The highest BCUT2D eigenvalue weighted by Crippen LogP contribution is 2.32. The van der Waals surface area contributed by atoms with Crippen molar-refractivity contribution in [3.63, 3.8) is 0 Å². The molecule has 2 aromatic heterocycles. The lowest BCUT2D eigenvalue weighted by atomic mass is 9.89. The first-order chi connectivity index (χ1) is 14.4. The van der Waals surface area contributed by atoms with Gasteiger partial charge in [-0.15, -0.1) is 0 Å². The second-order valence-electron chi connectivity index (χ2n) is 8.03. The van der Waals surface area contributed by atoms with Crippen molar-refractivity contribution in [2.24, 2.45) is 0 Å². The Morgan fingerprint density at radius 3 is 2.47 bits per heavy atom. The number of nitrogens with zero attached hydrogens (tertiary/aromatic N) is 2. The standard InChI is InChI=1S/C26H27N3O/c1-17-11-12-21(14-20(17)4)28-25(30)15-23(22-10-6-5-8-18(22)2)24-16-27-26-19(3)9-7-13-29(24)26/h5-14,16,23H,15H2,1-4H3,(H,28,30)/t23-/m0/s1. The van der Waals surface area contributed by atoms with Gasteiger partial charge in [-0.2, -0.15) is 0 Å². The number of aromatic nitrogens is 2. The summed E-state index contributed by atoms with van der Waals surface area (Å²) in [7, 11) is 0. The minimum absolute atomic E-state index is 0.00545. The highest BCUT2D eigenvalue weighted by molar-refractivity contribution is 5.91. The first kappa shape index (κ1) is 19.9. The molecule has 0 aliphatic carbocycles. The summed E-state index contributed by atoms with van der Waals surface area (Å²) < 4.78 is 2.11. The van der Waals surface area contributed by atoms with Crippen LogP contribution in [-0.2, 0) is 4.79 Å². The van der Waals surface area contributed by atoms with Crippen LogP contribution in [0, 0.1) is 27.7 Å². The Labute approximate surface area is 177 Å². The number of hydrogen-bond donors (Lipinski definition) is 1. The van der Waals surface area contributed by atoms with Gasteiger partial charge in [0.2, 0.25) is 5.91 Å². The van der Waals surface area contributed by atoms with E-state index in [1.807, 2.05) is 48.8 Å². The topological polar surface area (TPSA) is 46.4 Å². The van der Waals surface area contributed by atoms with Gasteiger partial charge < -0.3 is 9.72 Å². The lowest BCUT2D eigenvalue weighted by Gasteiger charge is -2.19. The molecule has 0 spiro atoms. The molecule has 0 saturated heterocycles. The van der Waals surface area contributed by atoms with Crippen LogP contribution in [0.4, 0.5) is 5.69 Å². The summed E-state index contributed by atoms with van der Waals surface area (Å²) in [5.74, 6) is -0.0938. The average molecular weight is 398 g/mol. The Morgan fingerprint density at radius 1 is 0.933 bits per heavy atom. The Balaban J connectivity index is 1.70. The normalized spacial score (nSPS) is 12.1. The largest absolute Gasteiger partial charge is 0.326 e. The zero-order chi connectivity index (χ0) is 21.3. The first-order valence-corrected chi connectivity index (χ1v) is 10.3. The fourth-order valence-electron chi connectivity index (χ4n) is 4.00. The number of imidazole rings is 1.